The van der Waals surface area contributed by atoms with Gasteiger partial charge in [0.1, 0.15) is 11.2 Å². The van der Waals surface area contributed by atoms with Crippen LogP contribution in [0.1, 0.15) is 10.6 Å². The summed E-state index contributed by atoms with van der Waals surface area (Å²) >= 11 is 1.56. The second-order valence-corrected chi connectivity index (χ2v) is 3.97. The average Bonchev–Trinajstić information content (AvgIpc) is 2.56. The number of hydrogen-bond donors (Lipinski definition) is 1. The maximum atomic E-state index is 10.7. The fourth-order valence-electron chi connectivity index (χ4n) is 1.27. The van der Waals surface area contributed by atoms with Crippen molar-refractivity contribution in [3.63, 3.8) is 0 Å². The van der Waals surface area contributed by atoms with Gasteiger partial charge in [0.15, 0.2) is 0 Å². The molecule has 2 heterocycles. The van der Waals surface area contributed by atoms with Crippen LogP contribution in [0.3, 0.4) is 0 Å². The number of rotatable bonds is 2. The highest BCUT2D eigenvalue weighted by Gasteiger charge is 2.09. The third kappa shape index (κ3) is 1.31. The Balaban J connectivity index is 2.51. The van der Waals surface area contributed by atoms with Crippen LogP contribution in [0.4, 0.5) is 0 Å². The number of thiazole rings is 1. The SMILES string of the molecule is Cc1c(CC(N)=O)sc2cncn12. The summed E-state index contributed by atoms with van der Waals surface area (Å²) in [5.74, 6) is -0.291. The summed E-state index contributed by atoms with van der Waals surface area (Å²) in [5.41, 5.74) is 6.18. The van der Waals surface area contributed by atoms with Crippen molar-refractivity contribution in [3.8, 4) is 0 Å². The minimum absolute atomic E-state index is 0.291. The molecule has 0 aliphatic rings. The monoisotopic (exact) mass is 195 g/mol. The zero-order valence-corrected chi connectivity index (χ0v) is 7.97. The van der Waals surface area contributed by atoms with Gasteiger partial charge in [0.05, 0.1) is 12.6 Å². The summed E-state index contributed by atoms with van der Waals surface area (Å²) in [6.45, 7) is 1.96. The van der Waals surface area contributed by atoms with Gasteiger partial charge in [-0.2, -0.15) is 0 Å². The number of aromatic nitrogens is 2. The number of hydrogen-bond acceptors (Lipinski definition) is 3. The van der Waals surface area contributed by atoms with E-state index >= 15 is 0 Å². The zero-order valence-electron chi connectivity index (χ0n) is 7.15. The molecule has 2 aromatic rings. The number of carbonyl (C=O) groups is 1. The lowest BCUT2D eigenvalue weighted by Gasteiger charge is -1.93. The predicted molar refractivity (Wildman–Crippen MR) is 50.7 cm³/mol. The highest BCUT2D eigenvalue weighted by molar-refractivity contribution is 7.17. The van der Waals surface area contributed by atoms with Crippen LogP contribution < -0.4 is 5.73 Å². The lowest BCUT2D eigenvalue weighted by Crippen LogP contribution is -2.13. The number of primary amides is 1. The van der Waals surface area contributed by atoms with Crippen LogP contribution in [0.2, 0.25) is 0 Å². The van der Waals surface area contributed by atoms with E-state index in [2.05, 4.69) is 4.98 Å². The average molecular weight is 195 g/mol. The molecule has 4 nitrogen and oxygen atoms in total. The van der Waals surface area contributed by atoms with Gasteiger partial charge in [0.25, 0.3) is 0 Å². The largest absolute Gasteiger partial charge is 0.369 e. The maximum Gasteiger partial charge on any atom is 0.222 e. The van der Waals surface area contributed by atoms with Crippen LogP contribution in [-0.4, -0.2) is 15.3 Å². The molecule has 0 saturated carbocycles. The van der Waals surface area contributed by atoms with Gasteiger partial charge in [-0.1, -0.05) is 0 Å². The molecule has 1 amide bonds. The van der Waals surface area contributed by atoms with Gasteiger partial charge in [-0.25, -0.2) is 4.98 Å². The molecule has 5 heteroatoms. The Hall–Kier alpha value is -1.36. The summed E-state index contributed by atoms with van der Waals surface area (Å²) in [4.78, 5) is 16.8. The first-order valence-electron chi connectivity index (χ1n) is 3.87. The van der Waals surface area contributed by atoms with Gasteiger partial charge < -0.3 is 5.73 Å². The Morgan fingerprint density at radius 2 is 2.54 bits per heavy atom. The Labute approximate surface area is 79.0 Å². The molecule has 2 aromatic heterocycles. The molecule has 0 radical (unpaired) electrons. The number of fused-ring (bicyclic) bond motifs is 1. The smallest absolute Gasteiger partial charge is 0.222 e. The fourth-order valence-corrected chi connectivity index (χ4v) is 2.38. The molecular formula is C8H9N3OS. The predicted octanol–water partition coefficient (Wildman–Crippen LogP) is 0.732. The van der Waals surface area contributed by atoms with Crippen LogP contribution in [0.15, 0.2) is 12.5 Å². The number of nitrogens with zero attached hydrogens (tertiary/aromatic N) is 2. The van der Waals surface area contributed by atoms with Gasteiger partial charge in [0, 0.05) is 10.6 Å². The van der Waals surface area contributed by atoms with Crippen molar-refractivity contribution in [3.05, 3.63) is 23.1 Å². The molecule has 0 fully saturated rings. The first kappa shape index (κ1) is 8.25. The van der Waals surface area contributed by atoms with Crippen molar-refractivity contribution >= 4 is 22.1 Å². The van der Waals surface area contributed by atoms with Crippen LogP contribution >= 0.6 is 11.3 Å². The van der Waals surface area contributed by atoms with E-state index in [0.29, 0.717) is 6.42 Å². The Morgan fingerprint density at radius 3 is 3.15 bits per heavy atom. The van der Waals surface area contributed by atoms with Gasteiger partial charge in [-0.15, -0.1) is 11.3 Å². The number of carbonyl (C=O) groups excluding carboxylic acids is 1. The Morgan fingerprint density at radius 1 is 1.77 bits per heavy atom. The van der Waals surface area contributed by atoms with Crippen LogP contribution in [0.5, 0.6) is 0 Å². The molecular weight excluding hydrogens is 186 g/mol. The van der Waals surface area contributed by atoms with Crippen molar-refractivity contribution in [2.75, 3.05) is 0 Å². The second kappa shape index (κ2) is 2.85. The second-order valence-electron chi connectivity index (χ2n) is 2.86. The lowest BCUT2D eigenvalue weighted by atomic mass is 10.3. The third-order valence-electron chi connectivity index (χ3n) is 1.93. The van der Waals surface area contributed by atoms with E-state index in [1.807, 2.05) is 11.3 Å². The summed E-state index contributed by atoms with van der Waals surface area (Å²) in [6, 6.07) is 0. The topological polar surface area (TPSA) is 60.4 Å². The molecule has 0 atom stereocenters. The normalized spacial score (nSPS) is 10.8. The first-order valence-corrected chi connectivity index (χ1v) is 4.69. The number of imidazole rings is 1. The van der Waals surface area contributed by atoms with E-state index in [-0.39, 0.29) is 5.91 Å². The molecule has 0 aliphatic heterocycles. The van der Waals surface area contributed by atoms with Gasteiger partial charge in [-0.05, 0) is 6.92 Å². The fraction of sp³-hybridized carbons (Fsp3) is 0.250. The molecule has 0 aliphatic carbocycles. The van der Waals surface area contributed by atoms with E-state index in [0.717, 1.165) is 15.4 Å². The minimum Gasteiger partial charge on any atom is -0.369 e. The highest BCUT2D eigenvalue weighted by Crippen LogP contribution is 2.22. The lowest BCUT2D eigenvalue weighted by molar-refractivity contribution is -0.117. The summed E-state index contributed by atoms with van der Waals surface area (Å²) in [5, 5.41) is 0. The van der Waals surface area contributed by atoms with Gasteiger partial charge in [-0.3, -0.25) is 9.20 Å². The quantitative estimate of drug-likeness (QED) is 0.768. The molecule has 2 rings (SSSR count). The molecule has 68 valence electrons. The van der Waals surface area contributed by atoms with Crippen LogP contribution in [0.25, 0.3) is 4.83 Å². The van der Waals surface area contributed by atoms with Crippen LogP contribution in [0, 0.1) is 6.92 Å². The van der Waals surface area contributed by atoms with Crippen LogP contribution in [-0.2, 0) is 11.2 Å². The van der Waals surface area contributed by atoms with Crippen molar-refractivity contribution in [2.24, 2.45) is 5.73 Å². The Kier molecular flexibility index (Phi) is 1.81. The van der Waals surface area contributed by atoms with E-state index < -0.39 is 0 Å². The van der Waals surface area contributed by atoms with Gasteiger partial charge >= 0.3 is 0 Å². The number of nitrogens with two attached hydrogens (primary N) is 1. The number of aryl methyl sites for hydroxylation is 1. The molecule has 2 N–H and O–H groups in total. The number of amides is 1. The van der Waals surface area contributed by atoms with E-state index in [1.165, 1.54) is 0 Å². The molecule has 0 bridgehead atoms. The summed E-state index contributed by atoms with van der Waals surface area (Å²) in [7, 11) is 0. The standard InChI is InChI=1S/C8H9N3OS/c1-5-6(2-7(9)12)13-8-3-10-4-11(5)8/h3-4H,2H2,1H3,(H2,9,12). The summed E-state index contributed by atoms with van der Waals surface area (Å²) < 4.78 is 1.96. The van der Waals surface area contributed by atoms with Crippen molar-refractivity contribution in [2.45, 2.75) is 13.3 Å². The maximum absolute atomic E-state index is 10.7. The summed E-state index contributed by atoms with van der Waals surface area (Å²) in [6.07, 6.45) is 3.84. The van der Waals surface area contributed by atoms with E-state index in [1.54, 1.807) is 23.9 Å². The van der Waals surface area contributed by atoms with Gasteiger partial charge in [0.2, 0.25) is 5.91 Å². The van der Waals surface area contributed by atoms with Crippen molar-refractivity contribution in [1.29, 1.82) is 0 Å². The highest BCUT2D eigenvalue weighted by atomic mass is 32.1. The molecule has 0 spiro atoms. The molecule has 0 unspecified atom stereocenters. The third-order valence-corrected chi connectivity index (χ3v) is 3.13. The van der Waals surface area contributed by atoms with E-state index in [4.69, 9.17) is 5.73 Å². The van der Waals surface area contributed by atoms with Crippen molar-refractivity contribution in [1.82, 2.24) is 9.38 Å². The molecule has 0 aromatic carbocycles. The van der Waals surface area contributed by atoms with Crippen molar-refractivity contribution < 1.29 is 4.79 Å². The molecule has 13 heavy (non-hydrogen) atoms. The van der Waals surface area contributed by atoms with E-state index in [9.17, 15) is 4.79 Å². The first-order chi connectivity index (χ1) is 6.18. The molecule has 0 saturated heterocycles. The zero-order chi connectivity index (χ0) is 9.42. The minimum atomic E-state index is -0.291. The Bertz CT molecular complexity index is 457.